The van der Waals surface area contributed by atoms with Crippen LogP contribution in [-0.4, -0.2) is 46.7 Å². The third-order valence-electron chi connectivity index (χ3n) is 7.56. The Morgan fingerprint density at radius 2 is 1.67 bits per heavy atom. The zero-order valence-electron chi connectivity index (χ0n) is 23.6. The van der Waals surface area contributed by atoms with Crippen molar-refractivity contribution in [3.8, 4) is 11.5 Å². The number of nitrogens with zero attached hydrogens (tertiary/aromatic N) is 3. The van der Waals surface area contributed by atoms with Gasteiger partial charge in [0.05, 0.1) is 35.8 Å². The van der Waals surface area contributed by atoms with Gasteiger partial charge in [0.15, 0.2) is 11.5 Å². The smallest absolute Gasteiger partial charge is 0.308 e. The zero-order valence-corrected chi connectivity index (χ0v) is 26.0. The molecule has 0 saturated carbocycles. The second-order valence-electron chi connectivity index (χ2n) is 10.1. The maximum absolute atomic E-state index is 14.1. The molecule has 0 radical (unpaired) electrons. The van der Waals surface area contributed by atoms with E-state index < -0.39 is 44.6 Å². The van der Waals surface area contributed by atoms with Crippen LogP contribution in [0.25, 0.3) is 0 Å². The number of methoxy groups -OCH3 is 2. The highest BCUT2D eigenvalue weighted by molar-refractivity contribution is 8.00. The number of carbonyl (C=O) groups excluding carboxylic acids is 3. The van der Waals surface area contributed by atoms with Crippen molar-refractivity contribution in [2.45, 2.75) is 22.7 Å². The number of imide groups is 1. The number of ether oxygens (including phenoxy) is 2. The number of nitrogens with one attached hydrogen (secondary N) is 1. The van der Waals surface area contributed by atoms with E-state index in [9.17, 15) is 29.3 Å². The third-order valence-corrected chi connectivity index (χ3v) is 10.4. The van der Waals surface area contributed by atoms with Crippen LogP contribution in [0.5, 0.6) is 11.5 Å². The summed E-state index contributed by atoms with van der Waals surface area (Å²) in [5, 5.41) is 13.9. The minimum Gasteiger partial charge on any atom is -0.493 e. The van der Waals surface area contributed by atoms with Gasteiger partial charge < -0.3 is 14.8 Å². The van der Waals surface area contributed by atoms with Crippen LogP contribution in [0.4, 0.5) is 17.1 Å². The highest BCUT2D eigenvalue weighted by atomic mass is 35.5. The molecule has 3 amide bonds. The van der Waals surface area contributed by atoms with Gasteiger partial charge >= 0.3 is 4.87 Å². The van der Waals surface area contributed by atoms with Crippen LogP contribution in [0.2, 0.25) is 5.02 Å². The van der Waals surface area contributed by atoms with Crippen molar-refractivity contribution in [2.75, 3.05) is 24.4 Å². The second-order valence-corrected chi connectivity index (χ2v) is 12.7. The quantitative estimate of drug-likeness (QED) is 0.157. The summed E-state index contributed by atoms with van der Waals surface area (Å²) >= 11 is 7.91. The van der Waals surface area contributed by atoms with Crippen molar-refractivity contribution in [1.29, 1.82) is 0 Å². The number of nitro groups is 1. The molecule has 1 fully saturated rings. The molecule has 1 aromatic heterocycles. The molecule has 4 aromatic rings. The molecule has 0 spiro atoms. The number of benzene rings is 3. The Morgan fingerprint density at radius 3 is 2.31 bits per heavy atom. The molecule has 0 bridgehead atoms. The predicted octanol–water partition coefficient (Wildman–Crippen LogP) is 4.92. The fraction of sp³-hybridized carbons (Fsp3) is 0.200. The number of hydrogen-bond donors (Lipinski definition) is 1. The Labute approximate surface area is 268 Å². The van der Waals surface area contributed by atoms with E-state index in [1.54, 1.807) is 42.5 Å². The average molecular weight is 667 g/mol. The first-order chi connectivity index (χ1) is 21.6. The summed E-state index contributed by atoms with van der Waals surface area (Å²) in [6, 6.07) is 16.8. The molecule has 6 rings (SSSR count). The number of rotatable bonds is 8. The number of anilines is 2. The monoisotopic (exact) mass is 666 g/mol. The van der Waals surface area contributed by atoms with E-state index >= 15 is 0 Å². The molecular formula is C30H23ClN4O8S2. The summed E-state index contributed by atoms with van der Waals surface area (Å²) in [6.07, 6.45) is 0. The van der Waals surface area contributed by atoms with Crippen LogP contribution in [0.1, 0.15) is 16.4 Å². The standard InChI is InChI=1S/C30H23ClN4O8S2/c1-42-20-12-3-15(13-21(20)43-2)23-24-25(28(38)34(27(24)37)18-8-10-19(11-9-18)35(40)41)44-29-26(23)45-30(39)33(29)14-22(36)32-17-6-4-16(31)5-7-17/h3-13,23-25H,14H2,1-2H3,(H,32,36). The molecule has 2 aliphatic heterocycles. The van der Waals surface area contributed by atoms with E-state index in [4.69, 9.17) is 21.1 Å². The predicted molar refractivity (Wildman–Crippen MR) is 169 cm³/mol. The summed E-state index contributed by atoms with van der Waals surface area (Å²) in [7, 11) is 2.96. The van der Waals surface area contributed by atoms with Crippen LogP contribution < -0.4 is 24.6 Å². The lowest BCUT2D eigenvalue weighted by molar-refractivity contribution is -0.384. The zero-order chi connectivity index (χ0) is 32.0. The number of aromatic nitrogens is 1. The van der Waals surface area contributed by atoms with Gasteiger partial charge in [-0.15, -0.1) is 0 Å². The van der Waals surface area contributed by atoms with Crippen molar-refractivity contribution in [1.82, 2.24) is 4.57 Å². The van der Waals surface area contributed by atoms with Crippen LogP contribution in [0.15, 0.2) is 76.6 Å². The molecule has 15 heteroatoms. The minimum absolute atomic E-state index is 0.184. The maximum Gasteiger partial charge on any atom is 0.308 e. The number of fused-ring (bicyclic) bond motifs is 2. The molecule has 3 heterocycles. The Balaban J connectivity index is 1.43. The Bertz CT molecular complexity index is 1910. The Kier molecular flexibility index (Phi) is 8.12. The van der Waals surface area contributed by atoms with E-state index in [0.717, 1.165) is 28.0 Å². The highest BCUT2D eigenvalue weighted by Gasteiger charge is 2.57. The normalized spacial score (nSPS) is 18.7. The fourth-order valence-corrected chi connectivity index (χ4v) is 8.42. The Hall–Kier alpha value is -4.66. The maximum atomic E-state index is 14.1. The molecule has 1 N–H and O–H groups in total. The van der Waals surface area contributed by atoms with E-state index in [2.05, 4.69) is 5.32 Å². The molecule has 0 aliphatic carbocycles. The molecule has 3 atom stereocenters. The summed E-state index contributed by atoms with van der Waals surface area (Å²) < 4.78 is 12.2. The van der Waals surface area contributed by atoms with Gasteiger partial charge in [-0.3, -0.25) is 33.9 Å². The van der Waals surface area contributed by atoms with Gasteiger partial charge in [0.2, 0.25) is 17.7 Å². The van der Waals surface area contributed by atoms with E-state index in [1.165, 1.54) is 43.1 Å². The van der Waals surface area contributed by atoms with Gasteiger partial charge in [0, 0.05) is 33.6 Å². The number of hydrogen-bond acceptors (Lipinski definition) is 10. The molecule has 2 aliphatic rings. The number of halogens is 1. The van der Waals surface area contributed by atoms with Crippen molar-refractivity contribution in [3.05, 3.63) is 102 Å². The van der Waals surface area contributed by atoms with Gasteiger partial charge in [-0.1, -0.05) is 40.8 Å². The first kappa shape index (κ1) is 30.4. The summed E-state index contributed by atoms with van der Waals surface area (Å²) in [6.45, 7) is -0.329. The first-order valence-electron chi connectivity index (χ1n) is 13.4. The highest BCUT2D eigenvalue weighted by Crippen LogP contribution is 2.54. The lowest BCUT2D eigenvalue weighted by atomic mass is 9.83. The molecule has 3 unspecified atom stereocenters. The molecule has 1 saturated heterocycles. The van der Waals surface area contributed by atoms with Crippen LogP contribution in [0.3, 0.4) is 0 Å². The lowest BCUT2D eigenvalue weighted by Gasteiger charge is -2.31. The van der Waals surface area contributed by atoms with Gasteiger partial charge in [0.1, 0.15) is 11.8 Å². The van der Waals surface area contributed by atoms with Crippen molar-refractivity contribution in [2.24, 2.45) is 5.92 Å². The molecule has 12 nitrogen and oxygen atoms in total. The van der Waals surface area contributed by atoms with Gasteiger partial charge in [-0.25, -0.2) is 4.90 Å². The van der Waals surface area contributed by atoms with E-state index in [1.807, 2.05) is 0 Å². The number of amides is 3. The number of nitro benzene ring substituents is 1. The SMILES string of the molecule is COc1ccc(C2c3sc(=O)n(CC(=O)Nc4ccc(Cl)cc4)c3SC3C(=O)N(c4ccc([N+](=O)[O-])cc4)C(=O)C32)cc1OC. The van der Waals surface area contributed by atoms with Crippen LogP contribution >= 0.6 is 34.7 Å². The van der Waals surface area contributed by atoms with Crippen molar-refractivity contribution in [3.63, 3.8) is 0 Å². The number of carbonyl (C=O) groups is 3. The van der Waals surface area contributed by atoms with E-state index in [-0.39, 0.29) is 17.9 Å². The summed E-state index contributed by atoms with van der Waals surface area (Å²) in [5.74, 6) is -2.33. The average Bonchev–Trinajstić information content (AvgIpc) is 3.47. The molecule has 230 valence electrons. The Morgan fingerprint density at radius 1 is 0.978 bits per heavy atom. The fourth-order valence-electron chi connectivity index (χ4n) is 5.52. The molecule has 3 aromatic carbocycles. The van der Waals surface area contributed by atoms with Crippen molar-refractivity contribution < 1.29 is 28.8 Å². The number of thioether (sulfide) groups is 1. The minimum atomic E-state index is -0.946. The lowest BCUT2D eigenvalue weighted by Crippen LogP contribution is -2.33. The van der Waals surface area contributed by atoms with Gasteiger partial charge in [-0.2, -0.15) is 0 Å². The van der Waals surface area contributed by atoms with Crippen LogP contribution in [0, 0.1) is 16.0 Å². The molecule has 45 heavy (non-hydrogen) atoms. The second kappa shape index (κ2) is 12.0. The first-order valence-corrected chi connectivity index (χ1v) is 15.5. The topological polar surface area (TPSA) is 150 Å². The van der Waals surface area contributed by atoms with Gasteiger partial charge in [0.25, 0.3) is 5.69 Å². The van der Waals surface area contributed by atoms with Crippen LogP contribution in [-0.2, 0) is 20.9 Å². The largest absolute Gasteiger partial charge is 0.493 e. The summed E-state index contributed by atoms with van der Waals surface area (Å²) in [4.78, 5) is 66.2. The van der Waals surface area contributed by atoms with Gasteiger partial charge in [-0.05, 0) is 54.1 Å². The third kappa shape index (κ3) is 5.45. The number of non-ortho nitro benzene ring substituents is 1. The van der Waals surface area contributed by atoms with E-state index in [0.29, 0.717) is 37.7 Å². The summed E-state index contributed by atoms with van der Waals surface area (Å²) in [5.41, 5.74) is 1.11. The number of thiazole rings is 1. The van der Waals surface area contributed by atoms with Crippen molar-refractivity contribution >= 4 is 69.5 Å². The molecular weight excluding hydrogens is 644 g/mol.